The van der Waals surface area contributed by atoms with Crippen molar-refractivity contribution >= 4 is 0 Å². The molecule has 1 aliphatic rings. The normalized spacial score (nSPS) is 36.8. The third-order valence-electron chi connectivity index (χ3n) is 2.87. The molecule has 2 N–H and O–H groups in total. The molecule has 0 aliphatic heterocycles. The van der Waals surface area contributed by atoms with E-state index in [1.54, 1.807) is 6.08 Å². The molecule has 1 aliphatic carbocycles. The van der Waals surface area contributed by atoms with Gasteiger partial charge in [-0.25, -0.2) is 0 Å². The van der Waals surface area contributed by atoms with Gasteiger partial charge in [0.05, 0.1) is 5.60 Å². The molecule has 2 nitrogen and oxygen atoms in total. The molecule has 0 fully saturated rings. The average molecular weight is 170 g/mol. The highest BCUT2D eigenvalue weighted by molar-refractivity contribution is 5.14. The van der Waals surface area contributed by atoms with E-state index in [4.69, 9.17) is 0 Å². The molecule has 70 valence electrons. The lowest BCUT2D eigenvalue weighted by Crippen LogP contribution is -2.47. The Bertz CT molecular complexity index is 196. The molecule has 0 radical (unpaired) electrons. The Kier molecular flexibility index (Phi) is 2.59. The van der Waals surface area contributed by atoms with E-state index in [1.165, 1.54) is 5.57 Å². The topological polar surface area (TPSA) is 40.5 Å². The van der Waals surface area contributed by atoms with Gasteiger partial charge in [-0.05, 0) is 25.7 Å². The van der Waals surface area contributed by atoms with Crippen molar-refractivity contribution in [2.45, 2.75) is 45.3 Å². The van der Waals surface area contributed by atoms with E-state index in [0.717, 1.165) is 6.42 Å². The van der Waals surface area contributed by atoms with Crippen LogP contribution in [0.5, 0.6) is 0 Å². The van der Waals surface area contributed by atoms with Gasteiger partial charge < -0.3 is 10.2 Å². The summed E-state index contributed by atoms with van der Waals surface area (Å²) in [5.41, 5.74) is 0.271. The van der Waals surface area contributed by atoms with Crippen LogP contribution in [0.2, 0.25) is 0 Å². The monoisotopic (exact) mass is 170 g/mol. The minimum atomic E-state index is -0.903. The molecule has 0 bridgehead atoms. The van der Waals surface area contributed by atoms with Gasteiger partial charge in [-0.2, -0.15) is 0 Å². The first-order valence-corrected chi connectivity index (χ1v) is 4.54. The minimum absolute atomic E-state index is 0.108. The van der Waals surface area contributed by atoms with Crippen LogP contribution in [0.1, 0.15) is 33.6 Å². The molecular formula is C10H18O2. The maximum Gasteiger partial charge on any atom is 0.101 e. The Morgan fingerprint density at radius 2 is 2.17 bits per heavy atom. The van der Waals surface area contributed by atoms with Crippen LogP contribution in [-0.4, -0.2) is 21.9 Å². The van der Waals surface area contributed by atoms with E-state index in [1.807, 2.05) is 20.8 Å². The summed E-state index contributed by atoms with van der Waals surface area (Å²) in [5.74, 6) is 0.108. The SMILES string of the molecule is CC1=CC(O)C(O)(C(C)C)CC1. The van der Waals surface area contributed by atoms with Crippen molar-refractivity contribution in [1.29, 1.82) is 0 Å². The zero-order valence-corrected chi connectivity index (χ0v) is 8.04. The lowest BCUT2D eigenvalue weighted by molar-refractivity contribution is -0.0951. The smallest absolute Gasteiger partial charge is 0.101 e. The van der Waals surface area contributed by atoms with Gasteiger partial charge in [0, 0.05) is 0 Å². The molecule has 2 unspecified atom stereocenters. The van der Waals surface area contributed by atoms with Crippen molar-refractivity contribution in [3.8, 4) is 0 Å². The summed E-state index contributed by atoms with van der Waals surface area (Å²) in [6.45, 7) is 5.87. The van der Waals surface area contributed by atoms with E-state index in [2.05, 4.69) is 0 Å². The quantitative estimate of drug-likeness (QED) is 0.585. The standard InChI is InChI=1S/C10H18O2/c1-7(2)10(12)5-4-8(3)6-9(10)11/h6-7,9,11-12H,4-5H2,1-3H3. The van der Waals surface area contributed by atoms with Gasteiger partial charge in [-0.3, -0.25) is 0 Å². The third kappa shape index (κ3) is 1.54. The molecule has 0 aromatic heterocycles. The zero-order valence-electron chi connectivity index (χ0n) is 8.04. The second-order valence-corrected chi connectivity index (χ2v) is 4.10. The lowest BCUT2D eigenvalue weighted by atomic mass is 9.76. The number of hydrogen-bond acceptors (Lipinski definition) is 2. The number of allylic oxidation sites excluding steroid dienone is 1. The molecule has 1 rings (SSSR count). The van der Waals surface area contributed by atoms with E-state index in [0.29, 0.717) is 6.42 Å². The van der Waals surface area contributed by atoms with E-state index < -0.39 is 11.7 Å². The van der Waals surface area contributed by atoms with Gasteiger partial charge in [-0.1, -0.05) is 25.5 Å². The van der Waals surface area contributed by atoms with E-state index in [-0.39, 0.29) is 5.92 Å². The van der Waals surface area contributed by atoms with Gasteiger partial charge in [0.1, 0.15) is 6.10 Å². The van der Waals surface area contributed by atoms with Crippen LogP contribution in [0.25, 0.3) is 0 Å². The van der Waals surface area contributed by atoms with Crippen LogP contribution in [0.15, 0.2) is 11.6 Å². The Hall–Kier alpha value is -0.340. The Balaban J connectivity index is 2.82. The second kappa shape index (κ2) is 3.19. The predicted octanol–water partition coefficient (Wildman–Crippen LogP) is 1.47. The summed E-state index contributed by atoms with van der Waals surface area (Å²) in [7, 11) is 0. The number of aliphatic hydroxyl groups is 2. The van der Waals surface area contributed by atoms with Crippen LogP contribution < -0.4 is 0 Å². The molecule has 0 spiro atoms. The molecule has 2 atom stereocenters. The van der Waals surface area contributed by atoms with E-state index in [9.17, 15) is 10.2 Å². The summed E-state index contributed by atoms with van der Waals surface area (Å²) in [6.07, 6.45) is 2.65. The molecule has 2 heteroatoms. The number of aliphatic hydroxyl groups excluding tert-OH is 1. The van der Waals surface area contributed by atoms with Crippen molar-refractivity contribution in [3.63, 3.8) is 0 Å². The Morgan fingerprint density at radius 3 is 2.58 bits per heavy atom. The van der Waals surface area contributed by atoms with Crippen molar-refractivity contribution in [3.05, 3.63) is 11.6 Å². The summed E-state index contributed by atoms with van der Waals surface area (Å²) >= 11 is 0. The van der Waals surface area contributed by atoms with Crippen molar-refractivity contribution < 1.29 is 10.2 Å². The average Bonchev–Trinajstić information content (AvgIpc) is 1.97. The molecule has 0 heterocycles. The summed E-state index contributed by atoms with van der Waals surface area (Å²) in [4.78, 5) is 0. The van der Waals surface area contributed by atoms with Crippen molar-refractivity contribution in [1.82, 2.24) is 0 Å². The first kappa shape index (κ1) is 9.75. The fourth-order valence-electron chi connectivity index (χ4n) is 1.67. The number of hydrogen-bond donors (Lipinski definition) is 2. The number of rotatable bonds is 1. The molecule has 0 saturated carbocycles. The van der Waals surface area contributed by atoms with Crippen LogP contribution in [-0.2, 0) is 0 Å². The zero-order chi connectivity index (χ0) is 9.35. The van der Waals surface area contributed by atoms with Crippen LogP contribution in [0, 0.1) is 5.92 Å². The highest BCUT2D eigenvalue weighted by Crippen LogP contribution is 2.33. The molecule has 12 heavy (non-hydrogen) atoms. The largest absolute Gasteiger partial charge is 0.387 e. The van der Waals surface area contributed by atoms with E-state index >= 15 is 0 Å². The maximum atomic E-state index is 10.0. The second-order valence-electron chi connectivity index (χ2n) is 4.10. The predicted molar refractivity (Wildman–Crippen MR) is 48.8 cm³/mol. The summed E-state index contributed by atoms with van der Waals surface area (Å²) in [5, 5.41) is 19.7. The van der Waals surface area contributed by atoms with Crippen LogP contribution >= 0.6 is 0 Å². The Morgan fingerprint density at radius 1 is 1.58 bits per heavy atom. The molecular weight excluding hydrogens is 152 g/mol. The molecule has 0 amide bonds. The van der Waals surface area contributed by atoms with Crippen LogP contribution in [0.4, 0.5) is 0 Å². The van der Waals surface area contributed by atoms with Gasteiger partial charge >= 0.3 is 0 Å². The fraction of sp³-hybridized carbons (Fsp3) is 0.800. The van der Waals surface area contributed by atoms with Crippen molar-refractivity contribution in [2.75, 3.05) is 0 Å². The Labute approximate surface area is 73.9 Å². The third-order valence-corrected chi connectivity index (χ3v) is 2.87. The van der Waals surface area contributed by atoms with Gasteiger partial charge in [0.25, 0.3) is 0 Å². The van der Waals surface area contributed by atoms with Crippen molar-refractivity contribution in [2.24, 2.45) is 5.92 Å². The molecule has 0 saturated heterocycles. The molecule has 0 aromatic rings. The summed E-state index contributed by atoms with van der Waals surface area (Å²) in [6, 6.07) is 0. The van der Waals surface area contributed by atoms with Crippen LogP contribution in [0.3, 0.4) is 0 Å². The highest BCUT2D eigenvalue weighted by Gasteiger charge is 2.39. The van der Waals surface area contributed by atoms with Gasteiger partial charge in [0.2, 0.25) is 0 Å². The lowest BCUT2D eigenvalue weighted by Gasteiger charge is -2.38. The van der Waals surface area contributed by atoms with Gasteiger partial charge in [-0.15, -0.1) is 0 Å². The molecule has 0 aromatic carbocycles. The maximum absolute atomic E-state index is 10.0. The fourth-order valence-corrected chi connectivity index (χ4v) is 1.67. The summed E-state index contributed by atoms with van der Waals surface area (Å²) < 4.78 is 0. The van der Waals surface area contributed by atoms with Gasteiger partial charge in [0.15, 0.2) is 0 Å². The first-order valence-electron chi connectivity index (χ1n) is 4.54. The first-order chi connectivity index (χ1) is 5.47. The minimum Gasteiger partial charge on any atom is -0.387 e. The highest BCUT2D eigenvalue weighted by atomic mass is 16.3.